The van der Waals surface area contributed by atoms with Gasteiger partial charge in [-0.1, -0.05) is 0 Å². The zero-order valence-electron chi connectivity index (χ0n) is 16.3. The molecule has 28 heavy (non-hydrogen) atoms. The van der Waals surface area contributed by atoms with Crippen LogP contribution in [0.25, 0.3) is 22.0 Å². The van der Waals surface area contributed by atoms with Crippen LogP contribution >= 0.6 is 24.8 Å². The van der Waals surface area contributed by atoms with Crippen molar-refractivity contribution in [3.05, 3.63) is 47.9 Å². The average Bonchev–Trinajstić information content (AvgIpc) is 2.86. The van der Waals surface area contributed by atoms with Crippen LogP contribution in [-0.4, -0.2) is 46.2 Å². The second kappa shape index (κ2) is 9.78. The molecule has 1 aromatic carbocycles. The largest absolute Gasteiger partial charge is 0.507 e. The van der Waals surface area contributed by atoms with Gasteiger partial charge in [-0.15, -0.1) is 24.8 Å². The summed E-state index contributed by atoms with van der Waals surface area (Å²) in [5.74, 6) is -0.248. The lowest BCUT2D eigenvalue weighted by Gasteiger charge is -2.13. The molecule has 0 bridgehead atoms. The number of esters is 1. The van der Waals surface area contributed by atoms with Crippen molar-refractivity contribution < 1.29 is 14.6 Å². The van der Waals surface area contributed by atoms with Gasteiger partial charge in [0.1, 0.15) is 5.75 Å². The Morgan fingerprint density at radius 2 is 1.86 bits per heavy atom. The number of carbonyl (C=O) groups excluding carboxylic acids is 1. The first kappa shape index (κ1) is 23.8. The number of nitrogens with zero attached hydrogens (tertiary/aromatic N) is 3. The van der Waals surface area contributed by atoms with Crippen molar-refractivity contribution in [3.8, 4) is 16.9 Å². The van der Waals surface area contributed by atoms with Crippen molar-refractivity contribution in [1.29, 1.82) is 0 Å². The van der Waals surface area contributed by atoms with E-state index in [-0.39, 0.29) is 36.5 Å². The van der Waals surface area contributed by atoms with Crippen LogP contribution in [0.3, 0.4) is 0 Å². The van der Waals surface area contributed by atoms with Crippen LogP contribution in [0, 0.1) is 0 Å². The molecular formula is C20H25Cl2N3O3. The highest BCUT2D eigenvalue weighted by Gasteiger charge is 2.24. The van der Waals surface area contributed by atoms with E-state index >= 15 is 0 Å². The Kier molecular flexibility index (Phi) is 8.29. The Labute approximate surface area is 176 Å². The molecule has 0 saturated heterocycles. The molecule has 0 aliphatic rings. The lowest BCUT2D eigenvalue weighted by atomic mass is 10.0. The second-order valence-corrected chi connectivity index (χ2v) is 6.46. The Hall–Kier alpha value is -2.28. The first-order valence-corrected chi connectivity index (χ1v) is 8.50. The first-order chi connectivity index (χ1) is 12.4. The molecule has 0 atom stereocenters. The van der Waals surface area contributed by atoms with Crippen molar-refractivity contribution in [2.24, 2.45) is 7.05 Å². The Morgan fingerprint density at radius 1 is 1.21 bits per heavy atom. The number of phenols is 1. The summed E-state index contributed by atoms with van der Waals surface area (Å²) in [5, 5.41) is 11.3. The fourth-order valence-corrected chi connectivity index (χ4v) is 3.20. The standard InChI is InChI=1S/C20H23N3O3.2ClH/c1-5-26-20(25)19-15-11-18(24)14(13-6-8-21-9-7-13)10-16(15)23(4)17(19)12-22(2)3;;/h6-11,24H,5,12H2,1-4H3;2*1H. The summed E-state index contributed by atoms with van der Waals surface area (Å²) in [4.78, 5) is 18.6. The third-order valence-electron chi connectivity index (χ3n) is 4.38. The smallest absolute Gasteiger partial charge is 0.340 e. The van der Waals surface area contributed by atoms with E-state index in [0.717, 1.165) is 16.8 Å². The molecule has 0 aliphatic carbocycles. The summed E-state index contributed by atoms with van der Waals surface area (Å²) >= 11 is 0. The van der Waals surface area contributed by atoms with Gasteiger partial charge in [0.15, 0.2) is 0 Å². The number of carbonyl (C=O) groups is 1. The number of phenolic OH excluding ortho intramolecular Hbond substituents is 1. The van der Waals surface area contributed by atoms with Gasteiger partial charge in [0.25, 0.3) is 0 Å². The minimum absolute atomic E-state index is 0. The summed E-state index contributed by atoms with van der Waals surface area (Å²) in [6, 6.07) is 7.24. The lowest BCUT2D eigenvalue weighted by Crippen LogP contribution is -2.17. The number of fused-ring (bicyclic) bond motifs is 1. The molecule has 0 fully saturated rings. The van der Waals surface area contributed by atoms with Crippen molar-refractivity contribution in [3.63, 3.8) is 0 Å². The van der Waals surface area contributed by atoms with Gasteiger partial charge in [0.2, 0.25) is 0 Å². The molecule has 0 unspecified atom stereocenters. The van der Waals surface area contributed by atoms with E-state index in [4.69, 9.17) is 4.74 Å². The van der Waals surface area contributed by atoms with Gasteiger partial charge in [0.05, 0.1) is 12.2 Å². The van der Waals surface area contributed by atoms with Crippen molar-refractivity contribution in [2.45, 2.75) is 13.5 Å². The zero-order valence-corrected chi connectivity index (χ0v) is 17.9. The van der Waals surface area contributed by atoms with Crippen LogP contribution in [0.1, 0.15) is 23.0 Å². The van der Waals surface area contributed by atoms with E-state index in [1.807, 2.05) is 48.8 Å². The van der Waals surface area contributed by atoms with E-state index in [2.05, 4.69) is 4.98 Å². The molecule has 3 aromatic rings. The SMILES string of the molecule is CCOC(=O)c1c(CN(C)C)n(C)c2cc(-c3ccncc3)c(O)cc12.Cl.Cl. The molecule has 0 amide bonds. The Morgan fingerprint density at radius 3 is 2.43 bits per heavy atom. The number of aromatic hydroxyl groups is 1. The molecule has 0 aliphatic heterocycles. The molecule has 6 nitrogen and oxygen atoms in total. The highest BCUT2D eigenvalue weighted by atomic mass is 35.5. The van der Waals surface area contributed by atoms with Crippen LogP contribution in [-0.2, 0) is 18.3 Å². The Balaban J connectivity index is 0.00000196. The number of rotatable bonds is 5. The van der Waals surface area contributed by atoms with E-state index in [0.29, 0.717) is 29.7 Å². The van der Waals surface area contributed by atoms with Crippen molar-refractivity contribution in [2.75, 3.05) is 20.7 Å². The minimum Gasteiger partial charge on any atom is -0.507 e. The summed E-state index contributed by atoms with van der Waals surface area (Å²) in [5.41, 5.74) is 3.80. The first-order valence-electron chi connectivity index (χ1n) is 8.50. The Bertz CT molecular complexity index is 956. The molecule has 0 saturated carbocycles. The summed E-state index contributed by atoms with van der Waals surface area (Å²) in [7, 11) is 5.83. The fourth-order valence-electron chi connectivity index (χ4n) is 3.20. The molecule has 1 N–H and O–H groups in total. The maximum Gasteiger partial charge on any atom is 0.340 e. The van der Waals surface area contributed by atoms with Crippen LogP contribution in [0.15, 0.2) is 36.7 Å². The molecule has 8 heteroatoms. The third kappa shape index (κ3) is 4.41. The zero-order chi connectivity index (χ0) is 18.8. The van der Waals surface area contributed by atoms with Gasteiger partial charge in [-0.2, -0.15) is 0 Å². The quantitative estimate of drug-likeness (QED) is 0.624. The molecule has 2 aromatic heterocycles. The number of benzene rings is 1. The van der Waals surface area contributed by atoms with Crippen LogP contribution in [0.4, 0.5) is 0 Å². The molecule has 152 valence electrons. The molecule has 0 spiro atoms. The summed E-state index contributed by atoms with van der Waals surface area (Å²) in [6.45, 7) is 2.68. The van der Waals surface area contributed by atoms with Crippen LogP contribution < -0.4 is 0 Å². The van der Waals surface area contributed by atoms with E-state index < -0.39 is 0 Å². The monoisotopic (exact) mass is 425 g/mol. The number of ether oxygens (including phenoxy) is 1. The number of aromatic nitrogens is 2. The highest BCUT2D eigenvalue weighted by molar-refractivity contribution is 6.07. The molecule has 2 heterocycles. The number of aryl methyl sites for hydroxylation is 1. The fraction of sp³-hybridized carbons (Fsp3) is 0.300. The predicted molar refractivity (Wildman–Crippen MR) is 116 cm³/mol. The van der Waals surface area contributed by atoms with Gasteiger partial charge in [-0.05, 0) is 50.8 Å². The third-order valence-corrected chi connectivity index (χ3v) is 4.38. The van der Waals surface area contributed by atoms with E-state index in [1.54, 1.807) is 25.4 Å². The molecule has 3 rings (SSSR count). The normalized spacial score (nSPS) is 10.5. The van der Waals surface area contributed by atoms with Gasteiger partial charge in [-0.25, -0.2) is 4.79 Å². The maximum absolute atomic E-state index is 12.6. The summed E-state index contributed by atoms with van der Waals surface area (Å²) < 4.78 is 7.26. The topological polar surface area (TPSA) is 67.6 Å². The highest BCUT2D eigenvalue weighted by Crippen LogP contribution is 2.37. The average molecular weight is 426 g/mol. The number of hydrogen-bond acceptors (Lipinski definition) is 5. The number of pyridine rings is 1. The van der Waals surface area contributed by atoms with E-state index in [9.17, 15) is 9.90 Å². The predicted octanol–water partition coefficient (Wildman–Crippen LogP) is 4.03. The van der Waals surface area contributed by atoms with Gasteiger partial charge in [0, 0.05) is 48.1 Å². The minimum atomic E-state index is -0.369. The second-order valence-electron chi connectivity index (χ2n) is 6.46. The van der Waals surface area contributed by atoms with Gasteiger partial charge in [-0.3, -0.25) is 4.98 Å². The number of hydrogen-bond donors (Lipinski definition) is 1. The van der Waals surface area contributed by atoms with Gasteiger partial charge >= 0.3 is 5.97 Å². The van der Waals surface area contributed by atoms with Crippen LogP contribution in [0.5, 0.6) is 5.75 Å². The van der Waals surface area contributed by atoms with Crippen molar-refractivity contribution >= 4 is 41.7 Å². The lowest BCUT2D eigenvalue weighted by molar-refractivity contribution is 0.0526. The molecular weight excluding hydrogens is 401 g/mol. The summed E-state index contributed by atoms with van der Waals surface area (Å²) in [6.07, 6.45) is 3.37. The van der Waals surface area contributed by atoms with Crippen molar-refractivity contribution in [1.82, 2.24) is 14.5 Å². The maximum atomic E-state index is 12.6. The van der Waals surface area contributed by atoms with Gasteiger partial charge < -0.3 is 19.3 Å². The molecule has 0 radical (unpaired) electrons. The van der Waals surface area contributed by atoms with E-state index in [1.165, 1.54) is 0 Å². The number of halogens is 2. The van der Waals surface area contributed by atoms with Crippen LogP contribution in [0.2, 0.25) is 0 Å².